The molecule has 4 aliphatic rings. The molecule has 4 rings (SSSR count). The van der Waals surface area contributed by atoms with Crippen LogP contribution in [0.4, 0.5) is 0 Å². The third-order valence-electron chi connectivity index (χ3n) is 11.9. The minimum Gasteiger partial charge on any atom is -0.463 e. The normalized spacial score (nSPS) is 45.3. The fourth-order valence-electron chi connectivity index (χ4n) is 10.1. The van der Waals surface area contributed by atoms with E-state index in [1.165, 1.54) is 64.2 Å². The maximum absolute atomic E-state index is 12.3. The van der Waals surface area contributed by atoms with Gasteiger partial charge in [0.05, 0.1) is 6.61 Å². The van der Waals surface area contributed by atoms with Gasteiger partial charge in [-0.25, -0.2) is 4.79 Å². The first kappa shape index (κ1) is 25.3. The summed E-state index contributed by atoms with van der Waals surface area (Å²) in [6.45, 7) is 17.4. The fraction of sp³-hybridized carbons (Fsp3) is 0.903. The number of hydrogen-bond donors (Lipinski definition) is 0. The summed E-state index contributed by atoms with van der Waals surface area (Å²) in [4.78, 5) is 12.3. The zero-order valence-electron chi connectivity index (χ0n) is 22.8. The highest BCUT2D eigenvalue weighted by Gasteiger charge is 2.69. The van der Waals surface area contributed by atoms with Gasteiger partial charge in [0, 0.05) is 6.08 Å². The summed E-state index contributed by atoms with van der Waals surface area (Å²) in [6.07, 6.45) is 18.0. The number of ether oxygens (including phenoxy) is 1. The molecule has 0 heterocycles. The lowest BCUT2D eigenvalue weighted by Crippen LogP contribution is -2.44. The minimum atomic E-state index is -0.149. The van der Waals surface area contributed by atoms with E-state index in [2.05, 4.69) is 47.6 Å². The van der Waals surface area contributed by atoms with Crippen molar-refractivity contribution in [1.82, 2.24) is 0 Å². The van der Waals surface area contributed by atoms with Gasteiger partial charge in [-0.05, 0) is 110 Å². The van der Waals surface area contributed by atoms with Crippen molar-refractivity contribution in [3.05, 3.63) is 12.2 Å². The van der Waals surface area contributed by atoms with Crippen molar-refractivity contribution >= 4 is 5.97 Å². The second-order valence-corrected chi connectivity index (χ2v) is 13.6. The standard InChI is InChI=1S/C31H52O2/c1-8-33-28(32)16-19-31-20-24-26-13-12-25(22(4)11-9-10-21(2)3)29(26,6)17-15-27(24)30(31,7)18-14-23(31)5/h16,19,21-27H,8-15,17-18,20H2,1-7H3/b19-16+/t22-,23+,24+,25-,26+,27+,29-,30-,31-/m1/s1. The van der Waals surface area contributed by atoms with Gasteiger partial charge >= 0.3 is 5.97 Å². The molecule has 0 N–H and O–H groups in total. The SMILES string of the molecule is CCOC(=O)/C=C/[C@]12C[C@H]3[C@@H]4CC[C@H]([C@H](C)CCCC(C)C)[C@@]4(C)CC[C@@H]3[C@@]1(C)CC[C@@H]2C. The summed E-state index contributed by atoms with van der Waals surface area (Å²) in [5.74, 6) is 5.69. The molecule has 0 bridgehead atoms. The molecular formula is C31H52O2. The third-order valence-corrected chi connectivity index (χ3v) is 11.9. The molecule has 0 saturated heterocycles. The van der Waals surface area contributed by atoms with E-state index in [9.17, 15) is 4.79 Å². The van der Waals surface area contributed by atoms with E-state index in [4.69, 9.17) is 4.74 Å². The highest BCUT2D eigenvalue weighted by atomic mass is 16.5. The third kappa shape index (κ3) is 4.04. The average molecular weight is 457 g/mol. The maximum Gasteiger partial charge on any atom is 0.330 e. The van der Waals surface area contributed by atoms with E-state index in [-0.39, 0.29) is 11.4 Å². The van der Waals surface area contributed by atoms with E-state index in [0.29, 0.717) is 23.4 Å². The summed E-state index contributed by atoms with van der Waals surface area (Å²) >= 11 is 0. The second kappa shape index (κ2) is 9.34. The van der Waals surface area contributed by atoms with Gasteiger partial charge in [0.1, 0.15) is 0 Å². The van der Waals surface area contributed by atoms with Crippen molar-refractivity contribution in [2.75, 3.05) is 6.61 Å². The Morgan fingerprint density at radius 2 is 1.79 bits per heavy atom. The van der Waals surface area contributed by atoms with Crippen molar-refractivity contribution < 1.29 is 9.53 Å². The molecule has 0 amide bonds. The van der Waals surface area contributed by atoms with Crippen LogP contribution in [0.1, 0.15) is 113 Å². The van der Waals surface area contributed by atoms with Crippen molar-refractivity contribution in [2.45, 2.75) is 113 Å². The van der Waals surface area contributed by atoms with Gasteiger partial charge in [-0.1, -0.05) is 66.9 Å². The van der Waals surface area contributed by atoms with Gasteiger partial charge in [0.25, 0.3) is 0 Å². The van der Waals surface area contributed by atoms with E-state index in [0.717, 1.165) is 35.5 Å². The van der Waals surface area contributed by atoms with Gasteiger partial charge in [-0.2, -0.15) is 0 Å². The lowest BCUT2D eigenvalue weighted by atomic mass is 9.54. The number of hydrogen-bond acceptors (Lipinski definition) is 2. The van der Waals surface area contributed by atoms with Crippen LogP contribution in [0.25, 0.3) is 0 Å². The molecule has 2 nitrogen and oxygen atoms in total. The molecule has 4 fully saturated rings. The minimum absolute atomic E-state index is 0.149. The Bertz CT molecular complexity index is 739. The molecule has 0 aliphatic heterocycles. The van der Waals surface area contributed by atoms with E-state index < -0.39 is 0 Å². The van der Waals surface area contributed by atoms with Gasteiger partial charge in [-0.15, -0.1) is 0 Å². The molecule has 0 radical (unpaired) electrons. The topological polar surface area (TPSA) is 26.3 Å². The van der Waals surface area contributed by atoms with Crippen LogP contribution in [0.5, 0.6) is 0 Å². The molecule has 4 aliphatic carbocycles. The van der Waals surface area contributed by atoms with Crippen LogP contribution in [0.3, 0.4) is 0 Å². The number of carbonyl (C=O) groups is 1. The van der Waals surface area contributed by atoms with Crippen molar-refractivity contribution in [3.8, 4) is 0 Å². The number of rotatable bonds is 8. The molecular weight excluding hydrogens is 404 g/mol. The van der Waals surface area contributed by atoms with Crippen LogP contribution in [-0.2, 0) is 9.53 Å². The van der Waals surface area contributed by atoms with Gasteiger partial charge < -0.3 is 4.74 Å². The van der Waals surface area contributed by atoms with Gasteiger partial charge in [0.15, 0.2) is 0 Å². The Morgan fingerprint density at radius 3 is 2.48 bits per heavy atom. The van der Waals surface area contributed by atoms with E-state index >= 15 is 0 Å². The molecule has 188 valence electrons. The first-order chi connectivity index (χ1) is 15.6. The Balaban J connectivity index is 1.55. The molecule has 0 aromatic carbocycles. The highest BCUT2D eigenvalue weighted by molar-refractivity contribution is 5.82. The number of fused-ring (bicyclic) bond motifs is 5. The fourth-order valence-corrected chi connectivity index (χ4v) is 10.1. The summed E-state index contributed by atoms with van der Waals surface area (Å²) < 4.78 is 5.28. The maximum atomic E-state index is 12.3. The van der Waals surface area contributed by atoms with Crippen LogP contribution >= 0.6 is 0 Å². The van der Waals surface area contributed by atoms with Crippen LogP contribution in [-0.4, -0.2) is 12.6 Å². The van der Waals surface area contributed by atoms with Crippen LogP contribution in [0, 0.1) is 57.7 Å². The van der Waals surface area contributed by atoms with Crippen molar-refractivity contribution in [3.63, 3.8) is 0 Å². The van der Waals surface area contributed by atoms with Crippen molar-refractivity contribution in [2.24, 2.45) is 57.7 Å². The van der Waals surface area contributed by atoms with Crippen LogP contribution < -0.4 is 0 Å². The summed E-state index contributed by atoms with van der Waals surface area (Å²) in [5.41, 5.74) is 1.06. The lowest BCUT2D eigenvalue weighted by molar-refractivity contribution is -0.137. The highest BCUT2D eigenvalue weighted by Crippen LogP contribution is 2.76. The summed E-state index contributed by atoms with van der Waals surface area (Å²) in [5, 5.41) is 0. The van der Waals surface area contributed by atoms with E-state index in [1.54, 1.807) is 6.08 Å². The number of carbonyl (C=O) groups excluding carboxylic acids is 1. The first-order valence-corrected chi connectivity index (χ1v) is 14.4. The molecule has 0 aromatic heterocycles. The average Bonchev–Trinajstić information content (AvgIpc) is 3.31. The second-order valence-electron chi connectivity index (χ2n) is 13.6. The lowest BCUT2D eigenvalue weighted by Gasteiger charge is -2.51. The number of allylic oxidation sites excluding steroid dienone is 1. The summed E-state index contributed by atoms with van der Waals surface area (Å²) in [6, 6.07) is 0. The molecule has 2 heteroatoms. The van der Waals surface area contributed by atoms with Crippen LogP contribution in [0.2, 0.25) is 0 Å². The predicted molar refractivity (Wildman–Crippen MR) is 138 cm³/mol. The zero-order chi connectivity index (χ0) is 24.0. The molecule has 33 heavy (non-hydrogen) atoms. The molecule has 9 atom stereocenters. The predicted octanol–water partition coefficient (Wildman–Crippen LogP) is 8.45. The molecule has 0 aromatic rings. The Labute approximate surface area is 204 Å². The summed E-state index contributed by atoms with van der Waals surface area (Å²) in [7, 11) is 0. The zero-order valence-corrected chi connectivity index (χ0v) is 22.8. The van der Waals surface area contributed by atoms with E-state index in [1.807, 2.05) is 6.92 Å². The largest absolute Gasteiger partial charge is 0.463 e. The van der Waals surface area contributed by atoms with Crippen molar-refractivity contribution in [1.29, 1.82) is 0 Å². The van der Waals surface area contributed by atoms with Gasteiger partial charge in [0.2, 0.25) is 0 Å². The van der Waals surface area contributed by atoms with Gasteiger partial charge in [-0.3, -0.25) is 0 Å². The monoisotopic (exact) mass is 456 g/mol. The quantitative estimate of drug-likeness (QED) is 0.270. The number of esters is 1. The molecule has 0 spiro atoms. The first-order valence-electron chi connectivity index (χ1n) is 14.4. The Kier molecular flexibility index (Phi) is 7.17. The smallest absolute Gasteiger partial charge is 0.330 e. The Morgan fingerprint density at radius 1 is 1.03 bits per heavy atom. The Hall–Kier alpha value is -0.790. The molecule has 0 unspecified atom stereocenters. The van der Waals surface area contributed by atoms with Crippen LogP contribution in [0.15, 0.2) is 12.2 Å². The molecule has 4 saturated carbocycles.